The molecule has 0 spiro atoms. The minimum Gasteiger partial charge on any atom is -0.335 e. The van der Waals surface area contributed by atoms with Gasteiger partial charge in [0.2, 0.25) is 10.0 Å². The summed E-state index contributed by atoms with van der Waals surface area (Å²) in [5.74, 6) is -0.316. The van der Waals surface area contributed by atoms with Gasteiger partial charge in [0.25, 0.3) is 11.8 Å². The number of hydrogen-bond acceptors (Lipinski definition) is 4. The second-order valence-corrected chi connectivity index (χ2v) is 10.0. The summed E-state index contributed by atoms with van der Waals surface area (Å²) in [6.07, 6.45) is 1.75. The van der Waals surface area contributed by atoms with Crippen LogP contribution in [0.25, 0.3) is 0 Å². The van der Waals surface area contributed by atoms with Gasteiger partial charge in [0.05, 0.1) is 15.5 Å². The van der Waals surface area contributed by atoms with Crippen LogP contribution in [-0.4, -0.2) is 73.6 Å². The van der Waals surface area contributed by atoms with E-state index in [1.165, 1.54) is 16.4 Å². The molecule has 2 aliphatic heterocycles. The molecule has 2 heterocycles. The van der Waals surface area contributed by atoms with Crippen molar-refractivity contribution >= 4 is 33.4 Å². The van der Waals surface area contributed by atoms with Crippen molar-refractivity contribution in [2.45, 2.75) is 17.7 Å². The monoisotopic (exact) mass is 461 g/mol. The Bertz CT molecular complexity index is 1070. The predicted molar refractivity (Wildman–Crippen MR) is 118 cm³/mol. The minimum absolute atomic E-state index is 0.144. The Labute approximate surface area is 187 Å². The lowest BCUT2D eigenvalue weighted by Crippen LogP contribution is -2.50. The summed E-state index contributed by atoms with van der Waals surface area (Å²) in [5, 5.41) is 0.412. The molecular weight excluding hydrogens is 438 g/mol. The molecule has 2 aromatic rings. The van der Waals surface area contributed by atoms with Crippen LogP contribution in [0.3, 0.4) is 0 Å². The Hall–Kier alpha value is -2.42. The van der Waals surface area contributed by atoms with E-state index in [-0.39, 0.29) is 16.7 Å². The van der Waals surface area contributed by atoms with Crippen LogP contribution in [0.4, 0.5) is 0 Å². The molecule has 2 saturated heterocycles. The molecule has 0 saturated carbocycles. The van der Waals surface area contributed by atoms with Crippen LogP contribution in [0.15, 0.2) is 53.4 Å². The van der Waals surface area contributed by atoms with E-state index in [1.54, 1.807) is 46.2 Å². The van der Waals surface area contributed by atoms with Crippen molar-refractivity contribution < 1.29 is 18.0 Å². The summed E-state index contributed by atoms with van der Waals surface area (Å²) in [7, 11) is -3.50. The van der Waals surface area contributed by atoms with Crippen LogP contribution in [-0.2, 0) is 10.0 Å². The lowest BCUT2D eigenvalue weighted by molar-refractivity contribution is 0.0535. The summed E-state index contributed by atoms with van der Waals surface area (Å²) < 4.78 is 26.8. The van der Waals surface area contributed by atoms with E-state index in [0.717, 1.165) is 12.8 Å². The third-order valence-electron chi connectivity index (χ3n) is 5.76. The van der Waals surface area contributed by atoms with Crippen molar-refractivity contribution in [2.75, 3.05) is 39.3 Å². The zero-order valence-electron chi connectivity index (χ0n) is 17.0. The Morgan fingerprint density at radius 1 is 0.742 bits per heavy atom. The molecule has 0 atom stereocenters. The van der Waals surface area contributed by atoms with Crippen LogP contribution in [0, 0.1) is 0 Å². The van der Waals surface area contributed by atoms with Crippen LogP contribution in [0.5, 0.6) is 0 Å². The normalized spacial score (nSPS) is 17.7. The van der Waals surface area contributed by atoms with Gasteiger partial charge in [-0.05, 0) is 49.2 Å². The Morgan fingerprint density at radius 3 is 1.87 bits per heavy atom. The van der Waals surface area contributed by atoms with Gasteiger partial charge in [-0.1, -0.05) is 23.7 Å². The highest BCUT2D eigenvalue weighted by Gasteiger charge is 2.29. The molecule has 0 aromatic heterocycles. The average Bonchev–Trinajstić information content (AvgIpc) is 3.35. The van der Waals surface area contributed by atoms with Gasteiger partial charge < -0.3 is 9.80 Å². The van der Waals surface area contributed by atoms with Crippen molar-refractivity contribution in [3.63, 3.8) is 0 Å². The van der Waals surface area contributed by atoms with Crippen LogP contribution < -0.4 is 0 Å². The van der Waals surface area contributed by atoms with E-state index in [0.29, 0.717) is 55.4 Å². The highest BCUT2D eigenvalue weighted by molar-refractivity contribution is 7.89. The fraction of sp³-hybridized carbons (Fsp3) is 0.364. The zero-order valence-corrected chi connectivity index (χ0v) is 18.6. The van der Waals surface area contributed by atoms with Gasteiger partial charge in [-0.2, -0.15) is 4.31 Å². The van der Waals surface area contributed by atoms with E-state index in [2.05, 4.69) is 0 Å². The SMILES string of the molecule is O=C(c1ccc(S(=O)(=O)N2CCCC2)cc1)N1CCN(C(=O)c2ccccc2Cl)CC1. The van der Waals surface area contributed by atoms with Crippen molar-refractivity contribution in [2.24, 2.45) is 0 Å². The quantitative estimate of drug-likeness (QED) is 0.701. The number of sulfonamides is 1. The summed E-state index contributed by atoms with van der Waals surface area (Å²) in [6, 6.07) is 13.0. The molecule has 2 fully saturated rings. The molecule has 0 aliphatic carbocycles. The Kier molecular flexibility index (Phi) is 6.31. The third kappa shape index (κ3) is 4.46. The molecule has 2 amide bonds. The van der Waals surface area contributed by atoms with Gasteiger partial charge in [0, 0.05) is 44.8 Å². The number of piperazine rings is 1. The molecule has 0 unspecified atom stereocenters. The van der Waals surface area contributed by atoms with Gasteiger partial charge >= 0.3 is 0 Å². The van der Waals surface area contributed by atoms with Crippen LogP contribution in [0.2, 0.25) is 5.02 Å². The van der Waals surface area contributed by atoms with Gasteiger partial charge in [-0.3, -0.25) is 9.59 Å². The second kappa shape index (κ2) is 8.98. The molecule has 2 aromatic carbocycles. The number of halogens is 1. The Morgan fingerprint density at radius 2 is 1.29 bits per heavy atom. The van der Waals surface area contributed by atoms with Crippen molar-refractivity contribution in [3.05, 3.63) is 64.7 Å². The van der Waals surface area contributed by atoms with Crippen LogP contribution in [0.1, 0.15) is 33.6 Å². The van der Waals surface area contributed by atoms with Crippen LogP contribution >= 0.6 is 11.6 Å². The maximum atomic E-state index is 12.9. The number of carbonyl (C=O) groups is 2. The van der Waals surface area contributed by atoms with Gasteiger partial charge in [0.15, 0.2) is 0 Å². The minimum atomic E-state index is -3.50. The first-order valence-corrected chi connectivity index (χ1v) is 12.1. The van der Waals surface area contributed by atoms with Crippen molar-refractivity contribution in [1.82, 2.24) is 14.1 Å². The molecule has 2 aliphatic rings. The first kappa shape index (κ1) is 21.8. The first-order chi connectivity index (χ1) is 14.9. The topological polar surface area (TPSA) is 78.0 Å². The summed E-state index contributed by atoms with van der Waals surface area (Å²) >= 11 is 6.13. The van der Waals surface area contributed by atoms with E-state index in [4.69, 9.17) is 11.6 Å². The molecule has 0 radical (unpaired) electrons. The fourth-order valence-corrected chi connectivity index (χ4v) is 5.68. The molecule has 7 nitrogen and oxygen atoms in total. The summed E-state index contributed by atoms with van der Waals surface area (Å²) in [4.78, 5) is 29.1. The molecular formula is C22H24ClN3O4S. The molecule has 9 heteroatoms. The van der Waals surface area contributed by atoms with Gasteiger partial charge in [-0.15, -0.1) is 0 Å². The van der Waals surface area contributed by atoms with Gasteiger partial charge in [0.1, 0.15) is 0 Å². The lowest BCUT2D eigenvalue weighted by atomic mass is 10.1. The molecule has 0 N–H and O–H groups in total. The summed E-state index contributed by atoms with van der Waals surface area (Å²) in [5.41, 5.74) is 0.894. The number of benzene rings is 2. The van der Waals surface area contributed by atoms with E-state index in [9.17, 15) is 18.0 Å². The highest BCUT2D eigenvalue weighted by Crippen LogP contribution is 2.22. The largest absolute Gasteiger partial charge is 0.335 e. The molecule has 31 heavy (non-hydrogen) atoms. The van der Waals surface area contributed by atoms with Crippen molar-refractivity contribution in [3.8, 4) is 0 Å². The highest BCUT2D eigenvalue weighted by atomic mass is 35.5. The third-order valence-corrected chi connectivity index (χ3v) is 8.00. The molecule has 4 rings (SSSR count). The number of carbonyl (C=O) groups excluding carboxylic acids is 2. The molecule has 164 valence electrons. The second-order valence-electron chi connectivity index (χ2n) is 7.70. The maximum absolute atomic E-state index is 12.9. The van der Waals surface area contributed by atoms with Crippen molar-refractivity contribution in [1.29, 1.82) is 0 Å². The number of hydrogen-bond donors (Lipinski definition) is 0. The zero-order chi connectivity index (χ0) is 22.0. The number of amides is 2. The predicted octanol–water partition coefficient (Wildman–Crippen LogP) is 2.72. The molecule has 0 bridgehead atoms. The first-order valence-electron chi connectivity index (χ1n) is 10.3. The number of nitrogens with zero attached hydrogens (tertiary/aromatic N) is 3. The number of rotatable bonds is 4. The average molecular weight is 462 g/mol. The Balaban J connectivity index is 1.39. The lowest BCUT2D eigenvalue weighted by Gasteiger charge is -2.35. The van der Waals surface area contributed by atoms with E-state index in [1.807, 2.05) is 0 Å². The standard InChI is InChI=1S/C22H24ClN3O4S/c23-20-6-2-1-5-19(20)22(28)25-15-13-24(14-16-25)21(27)17-7-9-18(10-8-17)31(29,30)26-11-3-4-12-26/h1-2,5-10H,3-4,11-16H2. The maximum Gasteiger partial charge on any atom is 0.255 e. The fourth-order valence-electron chi connectivity index (χ4n) is 3.95. The van der Waals surface area contributed by atoms with E-state index >= 15 is 0 Å². The van der Waals surface area contributed by atoms with E-state index < -0.39 is 10.0 Å². The summed E-state index contributed by atoms with van der Waals surface area (Å²) in [6.45, 7) is 2.72. The smallest absolute Gasteiger partial charge is 0.255 e. The van der Waals surface area contributed by atoms with Gasteiger partial charge in [-0.25, -0.2) is 8.42 Å².